The van der Waals surface area contributed by atoms with Gasteiger partial charge in [0.05, 0.1) is 26.4 Å². The quantitative estimate of drug-likeness (QED) is 0.398. The fourth-order valence-electron chi connectivity index (χ4n) is 0.440. The van der Waals surface area contributed by atoms with Crippen molar-refractivity contribution in [2.24, 2.45) is 0 Å². The third kappa shape index (κ3) is 3.50. The summed E-state index contributed by atoms with van der Waals surface area (Å²) >= 11 is 0. The first-order chi connectivity index (χ1) is 3.00. The Labute approximate surface area is 65.5 Å². The van der Waals surface area contributed by atoms with E-state index in [0.717, 1.165) is 26.4 Å². The number of rotatable bonds is 0. The minimum Gasteiger partial charge on any atom is -0.377 e. The molecule has 1 fully saturated rings. The molecule has 0 aromatic carbocycles. The second kappa shape index (κ2) is 5.06. The molecule has 0 aromatic rings. The van der Waals surface area contributed by atoms with Crippen LogP contribution in [0.5, 0.6) is 0 Å². The maximum Gasteiger partial charge on any atom is 0.0701 e. The molecule has 3 heteroatoms. The topological polar surface area (TPSA) is 18.5 Å². The number of hydrogen-bond acceptors (Lipinski definition) is 2. The summed E-state index contributed by atoms with van der Waals surface area (Å²) in [5, 5.41) is 0. The van der Waals surface area contributed by atoms with Crippen LogP contribution in [0.3, 0.4) is 0 Å². The first-order valence-corrected chi connectivity index (χ1v) is 2.15. The van der Waals surface area contributed by atoms with Crippen molar-refractivity contribution in [1.82, 2.24) is 0 Å². The Balaban J connectivity index is 0.000000360. The van der Waals surface area contributed by atoms with Crippen LogP contribution in [-0.4, -0.2) is 56.0 Å². The molecule has 0 spiro atoms. The zero-order valence-electron chi connectivity index (χ0n) is 4.64. The fourth-order valence-corrected chi connectivity index (χ4v) is 0.440. The summed E-state index contributed by atoms with van der Waals surface area (Å²) < 4.78 is 9.89. The molecule has 0 amide bonds. The van der Waals surface area contributed by atoms with E-state index in [9.17, 15) is 0 Å². The van der Waals surface area contributed by atoms with Gasteiger partial charge in [-0.2, -0.15) is 0 Å². The maximum absolute atomic E-state index is 4.94. The van der Waals surface area contributed by atoms with Crippen molar-refractivity contribution < 1.29 is 9.47 Å². The number of ether oxygens (including phenoxy) is 2. The van der Waals surface area contributed by atoms with E-state index in [1.807, 2.05) is 0 Å². The third-order valence-electron chi connectivity index (χ3n) is 0.744. The van der Waals surface area contributed by atoms with Crippen LogP contribution < -0.4 is 0 Å². The Morgan fingerprint density at radius 2 is 1.00 bits per heavy atom. The monoisotopic (exact) mass is 111 g/mol. The number of hydrogen-bond donors (Lipinski definition) is 0. The Morgan fingerprint density at radius 3 is 1.14 bits per heavy atom. The van der Waals surface area contributed by atoms with Gasteiger partial charge in [-0.3, -0.25) is 0 Å². The van der Waals surface area contributed by atoms with E-state index in [1.54, 1.807) is 0 Å². The van der Waals surface area contributed by atoms with Crippen molar-refractivity contribution in [3.05, 3.63) is 0 Å². The van der Waals surface area contributed by atoms with Crippen molar-refractivity contribution in [1.29, 1.82) is 0 Å². The van der Waals surface area contributed by atoms with Gasteiger partial charge in [0, 0.05) is 29.6 Å². The SMILES string of the molecule is C1COCCO1.[Na]. The average Bonchev–Trinajstić information content (AvgIpc) is 1.72. The smallest absolute Gasteiger partial charge is 0.0701 e. The molecule has 1 aliphatic rings. The van der Waals surface area contributed by atoms with Gasteiger partial charge in [0.25, 0.3) is 0 Å². The molecule has 1 heterocycles. The molecule has 0 N–H and O–H groups in total. The average molecular weight is 111 g/mol. The van der Waals surface area contributed by atoms with Crippen molar-refractivity contribution in [2.75, 3.05) is 26.4 Å². The van der Waals surface area contributed by atoms with E-state index in [1.165, 1.54) is 0 Å². The van der Waals surface area contributed by atoms with E-state index >= 15 is 0 Å². The standard InChI is InChI=1S/C4H8O2.Na/c1-2-6-4-3-5-1;/h1-4H2;. The maximum atomic E-state index is 4.94. The Bertz CT molecular complexity index is 25.2. The molecule has 1 rings (SSSR count). The molecule has 0 atom stereocenters. The van der Waals surface area contributed by atoms with Crippen LogP contribution >= 0.6 is 0 Å². The zero-order valence-corrected chi connectivity index (χ0v) is 6.64. The summed E-state index contributed by atoms with van der Waals surface area (Å²) in [5.74, 6) is 0. The summed E-state index contributed by atoms with van der Waals surface area (Å²) in [4.78, 5) is 0. The summed E-state index contributed by atoms with van der Waals surface area (Å²) in [6, 6.07) is 0. The van der Waals surface area contributed by atoms with Gasteiger partial charge in [-0.05, 0) is 0 Å². The largest absolute Gasteiger partial charge is 0.377 e. The molecular formula is C4H8NaO2. The molecule has 0 bridgehead atoms. The normalized spacial score (nSPS) is 20.6. The molecular weight excluding hydrogens is 103 g/mol. The molecule has 1 radical (unpaired) electrons. The predicted molar refractivity (Wildman–Crippen MR) is 27.4 cm³/mol. The van der Waals surface area contributed by atoms with Crippen LogP contribution in [0.15, 0.2) is 0 Å². The van der Waals surface area contributed by atoms with Crippen LogP contribution in [0.25, 0.3) is 0 Å². The Morgan fingerprint density at radius 1 is 0.714 bits per heavy atom. The molecule has 0 unspecified atom stereocenters. The molecule has 0 saturated carbocycles. The second-order valence-electron chi connectivity index (χ2n) is 1.22. The molecule has 37 valence electrons. The predicted octanol–water partition coefficient (Wildman–Crippen LogP) is -0.348. The van der Waals surface area contributed by atoms with Crippen molar-refractivity contribution in [3.8, 4) is 0 Å². The zero-order chi connectivity index (χ0) is 4.24. The molecule has 7 heavy (non-hydrogen) atoms. The first-order valence-electron chi connectivity index (χ1n) is 2.15. The summed E-state index contributed by atoms with van der Waals surface area (Å²) in [5.41, 5.74) is 0. The van der Waals surface area contributed by atoms with Gasteiger partial charge in [0.1, 0.15) is 0 Å². The summed E-state index contributed by atoms with van der Waals surface area (Å²) in [7, 11) is 0. The summed E-state index contributed by atoms with van der Waals surface area (Å²) in [6.07, 6.45) is 0. The summed E-state index contributed by atoms with van der Waals surface area (Å²) in [6.45, 7) is 3.11. The van der Waals surface area contributed by atoms with Gasteiger partial charge < -0.3 is 9.47 Å². The van der Waals surface area contributed by atoms with Gasteiger partial charge in [-0.1, -0.05) is 0 Å². The van der Waals surface area contributed by atoms with Gasteiger partial charge in [0.15, 0.2) is 0 Å². The van der Waals surface area contributed by atoms with E-state index in [0.29, 0.717) is 0 Å². The Kier molecular flexibility index (Phi) is 5.73. The van der Waals surface area contributed by atoms with Crippen LogP contribution in [0.4, 0.5) is 0 Å². The van der Waals surface area contributed by atoms with Crippen LogP contribution in [0.1, 0.15) is 0 Å². The fraction of sp³-hybridized carbons (Fsp3) is 1.00. The van der Waals surface area contributed by atoms with Crippen molar-refractivity contribution >= 4 is 29.6 Å². The molecule has 0 aliphatic carbocycles. The Hall–Kier alpha value is 0.920. The van der Waals surface area contributed by atoms with Crippen molar-refractivity contribution in [2.45, 2.75) is 0 Å². The third-order valence-corrected chi connectivity index (χ3v) is 0.744. The van der Waals surface area contributed by atoms with Gasteiger partial charge in [-0.25, -0.2) is 0 Å². The molecule has 0 aromatic heterocycles. The van der Waals surface area contributed by atoms with Crippen LogP contribution in [0.2, 0.25) is 0 Å². The van der Waals surface area contributed by atoms with E-state index in [-0.39, 0.29) is 29.6 Å². The van der Waals surface area contributed by atoms with Crippen LogP contribution in [-0.2, 0) is 9.47 Å². The second-order valence-corrected chi connectivity index (χ2v) is 1.22. The van der Waals surface area contributed by atoms with Gasteiger partial charge in [-0.15, -0.1) is 0 Å². The van der Waals surface area contributed by atoms with E-state index in [2.05, 4.69) is 0 Å². The molecule has 1 aliphatic heterocycles. The molecule has 2 nitrogen and oxygen atoms in total. The van der Waals surface area contributed by atoms with E-state index < -0.39 is 0 Å². The minimum absolute atomic E-state index is 0. The van der Waals surface area contributed by atoms with Crippen LogP contribution in [0, 0.1) is 0 Å². The van der Waals surface area contributed by atoms with E-state index in [4.69, 9.17) is 9.47 Å². The first kappa shape index (κ1) is 7.92. The molecule has 1 saturated heterocycles. The van der Waals surface area contributed by atoms with Gasteiger partial charge in [0.2, 0.25) is 0 Å². The minimum atomic E-state index is 0. The van der Waals surface area contributed by atoms with Crippen molar-refractivity contribution in [3.63, 3.8) is 0 Å². The van der Waals surface area contributed by atoms with Gasteiger partial charge >= 0.3 is 0 Å².